The van der Waals surface area contributed by atoms with E-state index in [1.807, 2.05) is 0 Å². The van der Waals surface area contributed by atoms with Crippen LogP contribution < -0.4 is 0 Å². The van der Waals surface area contributed by atoms with Crippen molar-refractivity contribution in [1.29, 1.82) is 0 Å². The maximum atomic E-state index is 6.10. The molecule has 0 spiro atoms. The van der Waals surface area contributed by atoms with E-state index in [0.29, 0.717) is 12.2 Å². The number of fused-ring (bicyclic) bond motifs is 1. The molecule has 0 bridgehead atoms. The van der Waals surface area contributed by atoms with Crippen LogP contribution in [0, 0.1) is 0 Å². The lowest BCUT2D eigenvalue weighted by atomic mass is 10.1. The first-order valence-corrected chi connectivity index (χ1v) is 6.52. The van der Waals surface area contributed by atoms with E-state index in [1.54, 1.807) is 0 Å². The lowest BCUT2D eigenvalue weighted by Crippen LogP contribution is -2.20. The summed E-state index contributed by atoms with van der Waals surface area (Å²) < 4.78 is 6.10. The molecule has 1 aromatic carbocycles. The highest BCUT2D eigenvalue weighted by Crippen LogP contribution is 2.25. The van der Waals surface area contributed by atoms with E-state index < -0.39 is 0 Å². The third kappa shape index (κ3) is 2.85. The van der Waals surface area contributed by atoms with Crippen molar-refractivity contribution in [2.24, 2.45) is 0 Å². The smallest absolute Gasteiger partial charge is 0.0659 e. The maximum Gasteiger partial charge on any atom is 0.0659 e. The molecule has 1 aromatic rings. The van der Waals surface area contributed by atoms with Gasteiger partial charge in [-0.15, -0.1) is 0 Å². The van der Waals surface area contributed by atoms with E-state index in [4.69, 9.17) is 4.74 Å². The van der Waals surface area contributed by atoms with Crippen molar-refractivity contribution in [1.82, 2.24) is 0 Å². The SMILES string of the molecule is CCCCC(C)OC1Cc2ccccc2C1. The van der Waals surface area contributed by atoms with E-state index >= 15 is 0 Å². The molecule has 0 saturated heterocycles. The first kappa shape index (κ1) is 11.7. The van der Waals surface area contributed by atoms with Gasteiger partial charge in [-0.3, -0.25) is 0 Å². The van der Waals surface area contributed by atoms with Gasteiger partial charge in [-0.2, -0.15) is 0 Å². The number of rotatable bonds is 5. The van der Waals surface area contributed by atoms with Crippen LogP contribution in [0.5, 0.6) is 0 Å². The average Bonchev–Trinajstić information content (AvgIpc) is 2.68. The van der Waals surface area contributed by atoms with Crippen molar-refractivity contribution >= 4 is 0 Å². The summed E-state index contributed by atoms with van der Waals surface area (Å²) in [6.45, 7) is 4.44. The Balaban J connectivity index is 1.82. The lowest BCUT2D eigenvalue weighted by Gasteiger charge is -2.18. The summed E-state index contributed by atoms with van der Waals surface area (Å²) in [5, 5.41) is 0. The second-order valence-electron chi connectivity index (χ2n) is 4.89. The largest absolute Gasteiger partial charge is 0.375 e. The fraction of sp³-hybridized carbons (Fsp3) is 0.600. The van der Waals surface area contributed by atoms with Crippen LogP contribution in [0.15, 0.2) is 24.3 Å². The second-order valence-corrected chi connectivity index (χ2v) is 4.89. The Morgan fingerprint density at radius 1 is 1.25 bits per heavy atom. The van der Waals surface area contributed by atoms with Crippen molar-refractivity contribution in [3.8, 4) is 0 Å². The molecule has 0 saturated carbocycles. The van der Waals surface area contributed by atoms with Crippen LogP contribution in [0.2, 0.25) is 0 Å². The average molecular weight is 218 g/mol. The Hall–Kier alpha value is -0.820. The molecule has 0 radical (unpaired) electrons. The van der Waals surface area contributed by atoms with E-state index in [1.165, 1.54) is 30.4 Å². The molecule has 0 heterocycles. The molecular formula is C15H22O. The van der Waals surface area contributed by atoms with E-state index in [0.717, 1.165) is 12.8 Å². The highest BCUT2D eigenvalue weighted by molar-refractivity contribution is 5.32. The molecule has 1 nitrogen and oxygen atoms in total. The normalized spacial score (nSPS) is 17.4. The molecule has 0 aliphatic heterocycles. The van der Waals surface area contributed by atoms with Gasteiger partial charge in [0.2, 0.25) is 0 Å². The van der Waals surface area contributed by atoms with Gasteiger partial charge in [-0.1, -0.05) is 44.0 Å². The molecule has 0 N–H and O–H groups in total. The van der Waals surface area contributed by atoms with E-state index in [-0.39, 0.29) is 0 Å². The van der Waals surface area contributed by atoms with Crippen molar-refractivity contribution in [2.75, 3.05) is 0 Å². The molecule has 1 unspecified atom stereocenters. The van der Waals surface area contributed by atoms with Crippen LogP contribution in [0.1, 0.15) is 44.2 Å². The van der Waals surface area contributed by atoms with Crippen molar-refractivity contribution in [3.05, 3.63) is 35.4 Å². The molecule has 0 aromatic heterocycles. The third-order valence-corrected chi connectivity index (χ3v) is 3.40. The van der Waals surface area contributed by atoms with Gasteiger partial charge in [-0.25, -0.2) is 0 Å². The molecule has 0 fully saturated rings. The minimum atomic E-state index is 0.416. The number of hydrogen-bond acceptors (Lipinski definition) is 1. The fourth-order valence-electron chi connectivity index (χ4n) is 2.50. The first-order chi connectivity index (χ1) is 7.79. The monoisotopic (exact) mass is 218 g/mol. The Bertz CT molecular complexity index is 307. The van der Waals surface area contributed by atoms with Gasteiger partial charge in [0.05, 0.1) is 12.2 Å². The first-order valence-electron chi connectivity index (χ1n) is 6.52. The molecule has 0 amide bonds. The molecule has 1 heteroatoms. The minimum absolute atomic E-state index is 0.416. The van der Waals surface area contributed by atoms with Gasteiger partial charge >= 0.3 is 0 Å². The molecule has 2 rings (SSSR count). The number of ether oxygens (including phenoxy) is 1. The molecule has 1 aliphatic carbocycles. The summed E-state index contributed by atoms with van der Waals surface area (Å²) in [5.41, 5.74) is 2.96. The van der Waals surface area contributed by atoms with Crippen molar-refractivity contribution < 1.29 is 4.74 Å². The minimum Gasteiger partial charge on any atom is -0.375 e. The molecule has 88 valence electrons. The summed E-state index contributed by atoms with van der Waals surface area (Å²) in [6.07, 6.45) is 6.78. The molecular weight excluding hydrogens is 196 g/mol. The predicted octanol–water partition coefficient (Wildman–Crippen LogP) is 3.75. The molecule has 1 aliphatic rings. The Kier molecular flexibility index (Phi) is 4.00. The second kappa shape index (κ2) is 5.49. The number of hydrogen-bond donors (Lipinski definition) is 0. The Morgan fingerprint density at radius 2 is 1.88 bits per heavy atom. The number of benzene rings is 1. The predicted molar refractivity (Wildman–Crippen MR) is 67.7 cm³/mol. The van der Waals surface area contributed by atoms with Gasteiger partial charge in [0.25, 0.3) is 0 Å². The van der Waals surface area contributed by atoms with E-state index in [2.05, 4.69) is 38.1 Å². The van der Waals surface area contributed by atoms with Crippen molar-refractivity contribution in [3.63, 3.8) is 0 Å². The summed E-state index contributed by atoms with van der Waals surface area (Å²) in [5.74, 6) is 0. The van der Waals surface area contributed by atoms with Gasteiger partial charge < -0.3 is 4.74 Å². The Labute approximate surface area is 98.8 Å². The van der Waals surface area contributed by atoms with Crippen LogP contribution in [0.25, 0.3) is 0 Å². The topological polar surface area (TPSA) is 9.23 Å². The zero-order valence-electron chi connectivity index (χ0n) is 10.4. The zero-order chi connectivity index (χ0) is 11.4. The van der Waals surface area contributed by atoms with Crippen LogP contribution in [0.3, 0.4) is 0 Å². The third-order valence-electron chi connectivity index (χ3n) is 3.40. The van der Waals surface area contributed by atoms with Crippen LogP contribution in [-0.4, -0.2) is 12.2 Å². The van der Waals surface area contributed by atoms with Gasteiger partial charge in [0.1, 0.15) is 0 Å². The standard InChI is InChI=1S/C15H22O/c1-3-4-7-12(2)16-15-10-13-8-5-6-9-14(13)11-15/h5-6,8-9,12,15H,3-4,7,10-11H2,1-2H3. The summed E-state index contributed by atoms with van der Waals surface area (Å²) in [6, 6.07) is 8.72. The summed E-state index contributed by atoms with van der Waals surface area (Å²) in [4.78, 5) is 0. The quantitative estimate of drug-likeness (QED) is 0.731. The maximum absolute atomic E-state index is 6.10. The lowest BCUT2D eigenvalue weighted by molar-refractivity contribution is -0.000920. The highest BCUT2D eigenvalue weighted by Gasteiger charge is 2.22. The van der Waals surface area contributed by atoms with Gasteiger partial charge in [0, 0.05) is 0 Å². The fourth-order valence-corrected chi connectivity index (χ4v) is 2.50. The highest BCUT2D eigenvalue weighted by atomic mass is 16.5. The summed E-state index contributed by atoms with van der Waals surface area (Å²) in [7, 11) is 0. The van der Waals surface area contributed by atoms with Crippen LogP contribution >= 0.6 is 0 Å². The molecule has 16 heavy (non-hydrogen) atoms. The van der Waals surface area contributed by atoms with Gasteiger partial charge in [-0.05, 0) is 37.3 Å². The summed E-state index contributed by atoms with van der Waals surface area (Å²) >= 11 is 0. The number of unbranched alkanes of at least 4 members (excludes halogenated alkanes) is 1. The van der Waals surface area contributed by atoms with Gasteiger partial charge in [0.15, 0.2) is 0 Å². The zero-order valence-corrected chi connectivity index (χ0v) is 10.4. The van der Waals surface area contributed by atoms with Crippen LogP contribution in [-0.2, 0) is 17.6 Å². The van der Waals surface area contributed by atoms with Crippen LogP contribution in [0.4, 0.5) is 0 Å². The Morgan fingerprint density at radius 3 is 2.44 bits per heavy atom. The van der Waals surface area contributed by atoms with Crippen molar-refractivity contribution in [2.45, 2.75) is 58.2 Å². The molecule has 1 atom stereocenters. The van der Waals surface area contributed by atoms with E-state index in [9.17, 15) is 0 Å².